The van der Waals surface area contributed by atoms with Crippen molar-refractivity contribution in [2.75, 3.05) is 0 Å². The molecule has 0 nitrogen and oxygen atoms in total. The van der Waals surface area contributed by atoms with Gasteiger partial charge in [0.25, 0.3) is 0 Å². The Morgan fingerprint density at radius 3 is 1.21 bits per heavy atom. The standard InChI is InChI=1S/C14H18/c1-2-4-6-8-10-12-14-13-11-9-7-5-3-1/h1-10H,11-14H2. The van der Waals surface area contributed by atoms with Crippen LogP contribution in [0.3, 0.4) is 0 Å². The highest BCUT2D eigenvalue weighted by Crippen LogP contribution is 2.02. The van der Waals surface area contributed by atoms with Gasteiger partial charge in [0.15, 0.2) is 0 Å². The van der Waals surface area contributed by atoms with Crippen LogP contribution in [-0.4, -0.2) is 0 Å². The van der Waals surface area contributed by atoms with Crippen molar-refractivity contribution >= 4 is 0 Å². The molecule has 0 N–H and O–H groups in total. The molecule has 0 aromatic carbocycles. The summed E-state index contributed by atoms with van der Waals surface area (Å²) in [5.74, 6) is 0. The third kappa shape index (κ3) is 6.24. The molecule has 0 radical (unpaired) electrons. The summed E-state index contributed by atoms with van der Waals surface area (Å²) in [5.41, 5.74) is 0. The Morgan fingerprint density at radius 2 is 0.786 bits per heavy atom. The molecule has 0 heterocycles. The first-order valence-corrected chi connectivity index (χ1v) is 5.32. The Labute approximate surface area is 87.0 Å². The van der Waals surface area contributed by atoms with Crippen LogP contribution in [0, 0.1) is 0 Å². The quantitative estimate of drug-likeness (QED) is 0.528. The maximum atomic E-state index is 2.23. The monoisotopic (exact) mass is 186 g/mol. The van der Waals surface area contributed by atoms with E-state index < -0.39 is 0 Å². The van der Waals surface area contributed by atoms with Crippen molar-refractivity contribution in [1.29, 1.82) is 0 Å². The van der Waals surface area contributed by atoms with Crippen LogP contribution in [0.5, 0.6) is 0 Å². The summed E-state index contributed by atoms with van der Waals surface area (Å²) in [5, 5.41) is 0. The maximum Gasteiger partial charge on any atom is -0.0347 e. The van der Waals surface area contributed by atoms with Gasteiger partial charge in [0, 0.05) is 0 Å². The van der Waals surface area contributed by atoms with Gasteiger partial charge < -0.3 is 0 Å². The number of allylic oxidation sites excluding steroid dienone is 10. The molecule has 0 amide bonds. The summed E-state index contributed by atoms with van der Waals surface area (Å²) in [4.78, 5) is 0. The summed E-state index contributed by atoms with van der Waals surface area (Å²) in [6.07, 6.45) is 26.0. The zero-order valence-electron chi connectivity index (χ0n) is 8.60. The number of rotatable bonds is 0. The maximum absolute atomic E-state index is 2.23. The Bertz CT molecular complexity index is 234. The fraction of sp³-hybridized carbons (Fsp3) is 0.286. The second-order valence-corrected chi connectivity index (χ2v) is 3.30. The van der Waals surface area contributed by atoms with E-state index in [0.29, 0.717) is 0 Å². The highest BCUT2D eigenvalue weighted by atomic mass is 13.9. The van der Waals surface area contributed by atoms with Gasteiger partial charge in [-0.3, -0.25) is 0 Å². The van der Waals surface area contributed by atoms with Crippen molar-refractivity contribution in [2.45, 2.75) is 25.7 Å². The lowest BCUT2D eigenvalue weighted by atomic mass is 10.1. The molecule has 0 saturated carbocycles. The fourth-order valence-corrected chi connectivity index (χ4v) is 1.26. The molecular formula is C14H18. The van der Waals surface area contributed by atoms with Gasteiger partial charge in [0.1, 0.15) is 0 Å². The predicted molar refractivity (Wildman–Crippen MR) is 64.2 cm³/mol. The molecule has 0 saturated heterocycles. The van der Waals surface area contributed by atoms with E-state index in [0.717, 1.165) is 0 Å². The minimum atomic E-state index is 1.19. The molecule has 1 aliphatic rings. The first-order chi connectivity index (χ1) is 7.00. The highest BCUT2D eigenvalue weighted by molar-refractivity contribution is 5.17. The Balaban J connectivity index is 2.46. The van der Waals surface area contributed by atoms with Crippen LogP contribution in [0.4, 0.5) is 0 Å². The van der Waals surface area contributed by atoms with Crippen LogP contribution >= 0.6 is 0 Å². The topological polar surface area (TPSA) is 0 Å². The lowest BCUT2D eigenvalue weighted by molar-refractivity contribution is 0.762. The first-order valence-electron chi connectivity index (χ1n) is 5.32. The molecular weight excluding hydrogens is 168 g/mol. The van der Waals surface area contributed by atoms with Crippen LogP contribution in [0.15, 0.2) is 60.8 Å². The molecule has 0 aromatic heterocycles. The lowest BCUT2D eigenvalue weighted by Gasteiger charge is -1.91. The second-order valence-electron chi connectivity index (χ2n) is 3.30. The van der Waals surface area contributed by atoms with Crippen molar-refractivity contribution in [3.63, 3.8) is 0 Å². The van der Waals surface area contributed by atoms with E-state index in [9.17, 15) is 0 Å². The van der Waals surface area contributed by atoms with E-state index in [4.69, 9.17) is 0 Å². The second kappa shape index (κ2) is 8.31. The molecule has 0 spiro atoms. The zero-order valence-corrected chi connectivity index (χ0v) is 8.60. The molecule has 74 valence electrons. The number of hydrogen-bond acceptors (Lipinski definition) is 0. The molecule has 0 unspecified atom stereocenters. The Hall–Kier alpha value is -1.30. The largest absolute Gasteiger partial charge is 0.0845 e. The van der Waals surface area contributed by atoms with E-state index >= 15 is 0 Å². The molecule has 0 atom stereocenters. The normalized spacial score (nSPS) is 18.3. The molecule has 1 rings (SSSR count). The van der Waals surface area contributed by atoms with Crippen molar-refractivity contribution in [3.05, 3.63) is 60.8 Å². The SMILES string of the molecule is C1=CC=CC=CCCCCC=CC=C1. The van der Waals surface area contributed by atoms with Crippen molar-refractivity contribution in [2.24, 2.45) is 0 Å². The van der Waals surface area contributed by atoms with E-state index in [2.05, 4.69) is 48.6 Å². The smallest absolute Gasteiger partial charge is 0.0347 e. The molecule has 0 heteroatoms. The summed E-state index contributed by atoms with van der Waals surface area (Å²) < 4.78 is 0. The van der Waals surface area contributed by atoms with Crippen LogP contribution in [0.25, 0.3) is 0 Å². The van der Waals surface area contributed by atoms with Crippen molar-refractivity contribution < 1.29 is 0 Å². The summed E-state index contributed by atoms with van der Waals surface area (Å²) in [6, 6.07) is 0. The van der Waals surface area contributed by atoms with Gasteiger partial charge in [0.2, 0.25) is 0 Å². The van der Waals surface area contributed by atoms with Gasteiger partial charge >= 0.3 is 0 Å². The van der Waals surface area contributed by atoms with Gasteiger partial charge in [-0.05, 0) is 25.7 Å². The molecule has 14 heavy (non-hydrogen) atoms. The third-order valence-corrected chi connectivity index (χ3v) is 2.04. The molecule has 0 bridgehead atoms. The van der Waals surface area contributed by atoms with Gasteiger partial charge in [-0.2, -0.15) is 0 Å². The molecule has 0 aliphatic heterocycles. The average molecular weight is 186 g/mol. The van der Waals surface area contributed by atoms with Crippen LogP contribution in [0.1, 0.15) is 25.7 Å². The number of hydrogen-bond donors (Lipinski definition) is 0. The van der Waals surface area contributed by atoms with Gasteiger partial charge in [-0.25, -0.2) is 0 Å². The van der Waals surface area contributed by atoms with Crippen LogP contribution < -0.4 is 0 Å². The fourth-order valence-electron chi connectivity index (χ4n) is 1.26. The molecule has 1 aliphatic carbocycles. The minimum Gasteiger partial charge on any atom is -0.0845 e. The summed E-state index contributed by atoms with van der Waals surface area (Å²) >= 11 is 0. The van der Waals surface area contributed by atoms with E-state index in [1.165, 1.54) is 25.7 Å². The average Bonchev–Trinajstić information content (AvgIpc) is 2.22. The Morgan fingerprint density at radius 1 is 0.429 bits per heavy atom. The highest BCUT2D eigenvalue weighted by Gasteiger charge is 1.82. The molecule has 0 aromatic rings. The zero-order chi connectivity index (χ0) is 9.90. The lowest BCUT2D eigenvalue weighted by Crippen LogP contribution is -1.71. The van der Waals surface area contributed by atoms with Crippen molar-refractivity contribution in [3.8, 4) is 0 Å². The minimum absolute atomic E-state index is 1.19. The van der Waals surface area contributed by atoms with E-state index in [1.54, 1.807) is 0 Å². The summed E-state index contributed by atoms with van der Waals surface area (Å²) in [7, 11) is 0. The Kier molecular flexibility index (Phi) is 6.39. The van der Waals surface area contributed by atoms with Crippen LogP contribution in [0.2, 0.25) is 0 Å². The van der Waals surface area contributed by atoms with E-state index in [1.807, 2.05) is 12.2 Å². The van der Waals surface area contributed by atoms with Gasteiger partial charge in [-0.1, -0.05) is 60.8 Å². The third-order valence-electron chi connectivity index (χ3n) is 2.04. The summed E-state index contributed by atoms with van der Waals surface area (Å²) in [6.45, 7) is 0. The van der Waals surface area contributed by atoms with Crippen molar-refractivity contribution in [1.82, 2.24) is 0 Å². The van der Waals surface area contributed by atoms with Gasteiger partial charge in [-0.15, -0.1) is 0 Å². The van der Waals surface area contributed by atoms with Crippen LogP contribution in [-0.2, 0) is 0 Å². The first kappa shape index (κ1) is 10.8. The molecule has 0 fully saturated rings. The van der Waals surface area contributed by atoms with E-state index in [-0.39, 0.29) is 0 Å². The predicted octanol–water partition coefficient (Wildman–Crippen LogP) is 4.34. The van der Waals surface area contributed by atoms with Gasteiger partial charge in [0.05, 0.1) is 0 Å².